The van der Waals surface area contributed by atoms with E-state index in [1.54, 1.807) is 0 Å². The zero-order chi connectivity index (χ0) is 34.5. The molecule has 0 bridgehead atoms. The van der Waals surface area contributed by atoms with E-state index in [2.05, 4.69) is 189 Å². The number of nitrogens with zero attached hydrogens (tertiary/aromatic N) is 1. The molecule has 1 aromatic heterocycles. The highest BCUT2D eigenvalue weighted by Crippen LogP contribution is 2.51. The Labute approximate surface area is 290 Å². The summed E-state index contributed by atoms with van der Waals surface area (Å²) in [5.74, 6) is 0. The lowest BCUT2D eigenvalue weighted by atomic mass is 9.59. The molecule has 246 valence electrons. The lowest BCUT2D eigenvalue weighted by Crippen LogP contribution is -2.68. The first-order valence-electron chi connectivity index (χ1n) is 17.9. The highest BCUT2D eigenvalue weighted by atomic mass is 15.1. The molecule has 0 spiro atoms. The van der Waals surface area contributed by atoms with Crippen LogP contribution in [0.25, 0.3) is 28.0 Å². The summed E-state index contributed by atoms with van der Waals surface area (Å²) in [7, 11) is 0. The molecule has 3 aromatic carbocycles. The zero-order valence-electron chi connectivity index (χ0n) is 30.7. The van der Waals surface area contributed by atoms with E-state index in [4.69, 9.17) is 0 Å². The van der Waals surface area contributed by atoms with Gasteiger partial charge in [0.2, 0.25) is 5.69 Å². The second-order valence-electron chi connectivity index (χ2n) is 16.2. The van der Waals surface area contributed by atoms with E-state index in [9.17, 15) is 0 Å². The minimum Gasteiger partial charge on any atom is -0.188 e. The first kappa shape index (κ1) is 33.7. The van der Waals surface area contributed by atoms with Crippen LogP contribution >= 0.6 is 0 Å². The molecule has 0 saturated carbocycles. The van der Waals surface area contributed by atoms with Gasteiger partial charge < -0.3 is 0 Å². The van der Waals surface area contributed by atoms with Gasteiger partial charge in [0.1, 0.15) is 0 Å². The van der Waals surface area contributed by atoms with E-state index in [1.165, 1.54) is 61.4 Å². The van der Waals surface area contributed by atoms with E-state index in [1.807, 2.05) is 0 Å². The smallest absolute Gasteiger partial charge is 0.188 e. The third-order valence-corrected chi connectivity index (χ3v) is 11.4. The quantitative estimate of drug-likeness (QED) is 0.147. The molecule has 6 rings (SSSR count). The monoisotopic (exact) mass is 632 g/mol. The van der Waals surface area contributed by atoms with Gasteiger partial charge in [0, 0.05) is 18.6 Å². The van der Waals surface area contributed by atoms with Crippen molar-refractivity contribution in [1.82, 2.24) is 0 Å². The van der Waals surface area contributed by atoms with E-state index in [-0.39, 0.29) is 21.8 Å². The number of pyridine rings is 1. The minimum atomic E-state index is -0.199. The summed E-state index contributed by atoms with van der Waals surface area (Å²) in [5, 5.41) is 0. The normalized spacial score (nSPS) is 20.9. The van der Waals surface area contributed by atoms with E-state index < -0.39 is 0 Å². The molecule has 48 heavy (non-hydrogen) atoms. The molecule has 1 nitrogen and oxygen atoms in total. The molecule has 2 heterocycles. The standard InChI is InChI=1S/C47H54N/c1-11-46(10)42-28-23-37(32-41(42)43-16-14-15-29-48(43)47(46,12-2)13-3)38-30-35(33-19-24-39(25-20-33)44(4,5)6)17-18-36(31-38)34-21-26-40(27-22-34)45(7,8)9/h12,14-17,19-32H,2,11,13,18H2,1,3-10H3/q+1. The third-order valence-electron chi connectivity index (χ3n) is 11.4. The second-order valence-corrected chi connectivity index (χ2v) is 16.2. The minimum absolute atomic E-state index is 0.0934. The van der Waals surface area contributed by atoms with Crippen molar-refractivity contribution in [2.75, 3.05) is 0 Å². The van der Waals surface area contributed by atoms with Crippen LogP contribution in [-0.2, 0) is 21.8 Å². The van der Waals surface area contributed by atoms with Crippen molar-refractivity contribution in [3.8, 4) is 11.3 Å². The van der Waals surface area contributed by atoms with Crippen LogP contribution in [0.5, 0.6) is 0 Å². The molecule has 2 unspecified atom stereocenters. The molecular formula is C47H54N+. The van der Waals surface area contributed by atoms with Crippen LogP contribution in [0.2, 0.25) is 0 Å². The van der Waals surface area contributed by atoms with Crippen molar-refractivity contribution in [2.24, 2.45) is 0 Å². The molecule has 1 heteroatoms. The van der Waals surface area contributed by atoms with Gasteiger partial charge in [-0.2, -0.15) is 4.57 Å². The first-order chi connectivity index (χ1) is 22.8. The van der Waals surface area contributed by atoms with Gasteiger partial charge in [-0.3, -0.25) is 0 Å². The third kappa shape index (κ3) is 5.66. The molecule has 0 N–H and O–H groups in total. The highest BCUT2D eigenvalue weighted by molar-refractivity contribution is 5.95. The Morgan fingerprint density at radius 2 is 1.31 bits per heavy atom. The molecule has 0 fully saturated rings. The number of rotatable bonds is 6. The molecule has 0 radical (unpaired) electrons. The van der Waals surface area contributed by atoms with Gasteiger partial charge in [0.05, 0.1) is 11.0 Å². The summed E-state index contributed by atoms with van der Waals surface area (Å²) in [6.07, 6.45) is 14.6. The molecule has 1 aliphatic carbocycles. The van der Waals surface area contributed by atoms with Crippen molar-refractivity contribution in [1.29, 1.82) is 0 Å². The number of hydrogen-bond donors (Lipinski definition) is 0. The Balaban J connectivity index is 1.53. The van der Waals surface area contributed by atoms with Gasteiger partial charge in [-0.05, 0) is 105 Å². The molecule has 0 amide bonds. The first-order valence-corrected chi connectivity index (χ1v) is 17.9. The van der Waals surface area contributed by atoms with E-state index >= 15 is 0 Å². The summed E-state index contributed by atoms with van der Waals surface area (Å²) < 4.78 is 2.50. The Bertz CT molecular complexity index is 1930. The predicted octanol–water partition coefficient (Wildman–Crippen LogP) is 12.2. The Hall–Kier alpha value is -4.23. The number of allylic oxidation sites excluding steroid dienone is 7. The van der Waals surface area contributed by atoms with Crippen molar-refractivity contribution in [2.45, 2.75) is 103 Å². The maximum atomic E-state index is 4.41. The molecule has 0 saturated heterocycles. The topological polar surface area (TPSA) is 3.88 Å². The van der Waals surface area contributed by atoms with Crippen LogP contribution in [0.4, 0.5) is 0 Å². The lowest BCUT2D eigenvalue weighted by molar-refractivity contribution is -0.756. The van der Waals surface area contributed by atoms with E-state index in [0.29, 0.717) is 0 Å². The molecule has 4 aromatic rings. The largest absolute Gasteiger partial charge is 0.213 e. The predicted molar refractivity (Wildman–Crippen MR) is 207 cm³/mol. The maximum Gasteiger partial charge on any atom is 0.213 e. The number of hydrogen-bond acceptors (Lipinski definition) is 0. The van der Waals surface area contributed by atoms with Crippen molar-refractivity contribution < 1.29 is 4.57 Å². The Morgan fingerprint density at radius 1 is 0.708 bits per heavy atom. The van der Waals surface area contributed by atoms with Crippen LogP contribution in [0.3, 0.4) is 0 Å². The number of fused-ring (bicyclic) bond motifs is 3. The summed E-state index contributed by atoms with van der Waals surface area (Å²) in [6.45, 7) is 25.2. The molecule has 2 atom stereocenters. The Morgan fingerprint density at radius 3 is 1.88 bits per heavy atom. The fourth-order valence-corrected chi connectivity index (χ4v) is 8.10. The average Bonchev–Trinajstić information content (AvgIpc) is 3.32. The summed E-state index contributed by atoms with van der Waals surface area (Å²) in [6, 6.07) is 32.3. The van der Waals surface area contributed by atoms with Gasteiger partial charge in [-0.15, -0.1) is 0 Å². The van der Waals surface area contributed by atoms with Crippen LogP contribution in [0, 0.1) is 0 Å². The molecular weight excluding hydrogens is 579 g/mol. The van der Waals surface area contributed by atoms with Crippen LogP contribution in [0.15, 0.2) is 122 Å². The molecule has 1 aliphatic heterocycles. The zero-order valence-corrected chi connectivity index (χ0v) is 30.7. The second kappa shape index (κ2) is 12.3. The highest BCUT2D eigenvalue weighted by Gasteiger charge is 2.57. The van der Waals surface area contributed by atoms with Crippen molar-refractivity contribution >= 4 is 16.7 Å². The van der Waals surface area contributed by atoms with Gasteiger partial charge >= 0.3 is 0 Å². The number of benzene rings is 3. The van der Waals surface area contributed by atoms with Crippen LogP contribution < -0.4 is 4.57 Å². The van der Waals surface area contributed by atoms with Crippen molar-refractivity contribution in [3.63, 3.8) is 0 Å². The fourth-order valence-electron chi connectivity index (χ4n) is 8.10. The van der Waals surface area contributed by atoms with Crippen LogP contribution in [0.1, 0.15) is 115 Å². The SMILES string of the molecule is C=CC1(CC)[n+]2ccccc2-c2cc(C3=CC(c4ccc(C(C)(C)C)cc4)=CCC(c4ccc(C(C)(C)C)cc4)=C3)ccc2C1(C)CC. The van der Waals surface area contributed by atoms with E-state index in [0.717, 1.165) is 19.3 Å². The van der Waals surface area contributed by atoms with Gasteiger partial charge in [0.25, 0.3) is 0 Å². The summed E-state index contributed by atoms with van der Waals surface area (Å²) >= 11 is 0. The fraction of sp³-hybridized carbons (Fsp3) is 0.340. The summed E-state index contributed by atoms with van der Waals surface area (Å²) in [4.78, 5) is 0. The maximum absolute atomic E-state index is 4.41. The van der Waals surface area contributed by atoms with Gasteiger partial charge in [-0.1, -0.05) is 135 Å². The summed E-state index contributed by atoms with van der Waals surface area (Å²) in [5.41, 5.74) is 14.3. The average molecular weight is 633 g/mol. The van der Waals surface area contributed by atoms with Crippen molar-refractivity contribution in [3.05, 3.63) is 155 Å². The van der Waals surface area contributed by atoms with Gasteiger partial charge in [-0.25, -0.2) is 0 Å². The van der Waals surface area contributed by atoms with Crippen LogP contribution in [-0.4, -0.2) is 0 Å². The lowest BCUT2D eigenvalue weighted by Gasteiger charge is -2.46. The Kier molecular flexibility index (Phi) is 8.65. The number of aromatic nitrogens is 1. The molecule has 2 aliphatic rings. The van der Waals surface area contributed by atoms with Gasteiger partial charge in [0.15, 0.2) is 11.7 Å².